The molecule has 0 spiro atoms. The van der Waals surface area contributed by atoms with E-state index in [9.17, 15) is 0 Å². The molecule has 106 valence electrons. The molecule has 0 amide bonds. The van der Waals surface area contributed by atoms with Crippen LogP contribution in [-0.2, 0) is 0 Å². The lowest BCUT2D eigenvalue weighted by atomic mass is 9.96. The number of nitrogens with zero attached hydrogens (tertiary/aromatic N) is 3. The number of nitriles is 1. The molecule has 3 nitrogen and oxygen atoms in total. The highest BCUT2D eigenvalue weighted by molar-refractivity contribution is 5.72. The first kappa shape index (κ1) is 14.0. The summed E-state index contributed by atoms with van der Waals surface area (Å²) >= 11 is 0. The van der Waals surface area contributed by atoms with Crippen LogP contribution >= 0.6 is 0 Å². The number of hydrogen-bond acceptors (Lipinski definition) is 3. The first-order valence-electron chi connectivity index (χ1n) is 7.08. The minimum absolute atomic E-state index is 0.677. The van der Waals surface area contributed by atoms with Crippen molar-refractivity contribution in [2.45, 2.75) is 13.8 Å². The lowest BCUT2D eigenvalue weighted by Crippen LogP contribution is -1.95. The second kappa shape index (κ2) is 5.79. The quantitative estimate of drug-likeness (QED) is 0.705. The van der Waals surface area contributed by atoms with Crippen molar-refractivity contribution in [3.63, 3.8) is 0 Å². The van der Waals surface area contributed by atoms with Gasteiger partial charge < -0.3 is 0 Å². The highest BCUT2D eigenvalue weighted by Crippen LogP contribution is 2.28. The van der Waals surface area contributed by atoms with E-state index in [4.69, 9.17) is 5.26 Å². The van der Waals surface area contributed by atoms with Crippen molar-refractivity contribution in [1.29, 1.82) is 5.26 Å². The van der Waals surface area contributed by atoms with Crippen LogP contribution in [0.15, 0.2) is 54.9 Å². The molecule has 1 heterocycles. The zero-order valence-electron chi connectivity index (χ0n) is 12.5. The van der Waals surface area contributed by atoms with Gasteiger partial charge in [-0.3, -0.25) is 0 Å². The Morgan fingerprint density at radius 3 is 2.14 bits per heavy atom. The Morgan fingerprint density at radius 1 is 0.864 bits per heavy atom. The molecule has 0 N–H and O–H groups in total. The van der Waals surface area contributed by atoms with E-state index in [-0.39, 0.29) is 0 Å². The fourth-order valence-electron chi connectivity index (χ4n) is 2.69. The Bertz CT molecular complexity index is 838. The van der Waals surface area contributed by atoms with Crippen molar-refractivity contribution in [2.24, 2.45) is 0 Å². The number of rotatable bonds is 2. The largest absolute Gasteiger partial charge is 0.236 e. The van der Waals surface area contributed by atoms with Gasteiger partial charge in [0, 0.05) is 11.1 Å². The number of aromatic nitrogens is 2. The van der Waals surface area contributed by atoms with Gasteiger partial charge in [0.15, 0.2) is 0 Å². The van der Waals surface area contributed by atoms with Gasteiger partial charge in [0.2, 0.25) is 0 Å². The summed E-state index contributed by atoms with van der Waals surface area (Å²) < 4.78 is 0. The molecule has 0 saturated heterocycles. The molecule has 22 heavy (non-hydrogen) atoms. The smallest absolute Gasteiger partial charge is 0.116 e. The van der Waals surface area contributed by atoms with Crippen LogP contribution in [0.3, 0.4) is 0 Å². The third-order valence-electron chi connectivity index (χ3n) is 3.65. The Kier molecular flexibility index (Phi) is 3.67. The molecule has 0 aliphatic rings. The molecule has 3 heteroatoms. The predicted molar refractivity (Wildman–Crippen MR) is 87.1 cm³/mol. The number of hydrogen-bond donors (Lipinski definition) is 0. The zero-order chi connectivity index (χ0) is 15.5. The Hall–Kier alpha value is -2.99. The molecule has 0 aliphatic carbocycles. The van der Waals surface area contributed by atoms with Crippen molar-refractivity contribution in [3.05, 3.63) is 71.5 Å². The van der Waals surface area contributed by atoms with Gasteiger partial charge in [-0.25, -0.2) is 9.97 Å². The van der Waals surface area contributed by atoms with Crippen LogP contribution in [0.1, 0.15) is 16.7 Å². The van der Waals surface area contributed by atoms with Crippen LogP contribution in [0.4, 0.5) is 0 Å². The number of aryl methyl sites for hydroxylation is 2. The fourth-order valence-corrected chi connectivity index (χ4v) is 2.69. The van der Waals surface area contributed by atoms with E-state index in [1.807, 2.05) is 62.4 Å². The van der Waals surface area contributed by atoms with Crippen molar-refractivity contribution in [3.8, 4) is 28.6 Å². The molecule has 0 radical (unpaired) electrons. The van der Waals surface area contributed by atoms with Crippen LogP contribution < -0.4 is 0 Å². The van der Waals surface area contributed by atoms with Crippen molar-refractivity contribution in [2.75, 3.05) is 0 Å². The summed E-state index contributed by atoms with van der Waals surface area (Å²) in [5.41, 5.74) is 6.69. The van der Waals surface area contributed by atoms with E-state index in [1.54, 1.807) is 6.33 Å². The summed E-state index contributed by atoms with van der Waals surface area (Å²) in [5.74, 6) is 0. The van der Waals surface area contributed by atoms with E-state index in [0.717, 1.165) is 33.6 Å². The van der Waals surface area contributed by atoms with E-state index < -0.39 is 0 Å². The maximum Gasteiger partial charge on any atom is 0.116 e. The van der Waals surface area contributed by atoms with Gasteiger partial charge >= 0.3 is 0 Å². The van der Waals surface area contributed by atoms with Gasteiger partial charge in [-0.15, -0.1) is 0 Å². The van der Waals surface area contributed by atoms with E-state index in [2.05, 4.69) is 16.0 Å². The summed E-state index contributed by atoms with van der Waals surface area (Å²) in [4.78, 5) is 8.78. The van der Waals surface area contributed by atoms with Crippen molar-refractivity contribution in [1.82, 2.24) is 9.97 Å². The molecule has 2 aromatic carbocycles. The van der Waals surface area contributed by atoms with Gasteiger partial charge in [-0.05, 0) is 43.2 Å². The lowest BCUT2D eigenvalue weighted by molar-refractivity contribution is 1.16. The Labute approximate surface area is 129 Å². The van der Waals surface area contributed by atoms with Crippen molar-refractivity contribution >= 4 is 0 Å². The average Bonchev–Trinajstić information content (AvgIpc) is 2.55. The second-order valence-corrected chi connectivity index (χ2v) is 5.25. The molecule has 0 aliphatic heterocycles. The van der Waals surface area contributed by atoms with Gasteiger partial charge in [0.25, 0.3) is 0 Å². The first-order chi connectivity index (χ1) is 10.7. The van der Waals surface area contributed by atoms with Crippen LogP contribution in [0.5, 0.6) is 0 Å². The van der Waals surface area contributed by atoms with Crippen LogP contribution in [0, 0.1) is 25.2 Å². The second-order valence-electron chi connectivity index (χ2n) is 5.25. The topological polar surface area (TPSA) is 49.6 Å². The number of benzene rings is 2. The highest BCUT2D eigenvalue weighted by Gasteiger charge is 2.10. The van der Waals surface area contributed by atoms with E-state index >= 15 is 0 Å². The maximum atomic E-state index is 9.07. The van der Waals surface area contributed by atoms with Gasteiger partial charge in [-0.1, -0.05) is 30.3 Å². The summed E-state index contributed by atoms with van der Waals surface area (Å²) in [5, 5.41) is 9.07. The van der Waals surface area contributed by atoms with Crippen molar-refractivity contribution < 1.29 is 0 Å². The molecule has 0 unspecified atom stereocenters. The monoisotopic (exact) mass is 285 g/mol. The summed E-state index contributed by atoms with van der Waals surface area (Å²) in [6, 6.07) is 18.0. The summed E-state index contributed by atoms with van der Waals surface area (Å²) in [7, 11) is 0. The molecule has 0 bridgehead atoms. The third-order valence-corrected chi connectivity index (χ3v) is 3.65. The maximum absolute atomic E-state index is 9.07. The van der Waals surface area contributed by atoms with Crippen LogP contribution in [-0.4, -0.2) is 9.97 Å². The predicted octanol–water partition coefficient (Wildman–Crippen LogP) is 4.30. The Morgan fingerprint density at radius 2 is 1.50 bits per heavy atom. The molecular formula is C19H15N3. The highest BCUT2D eigenvalue weighted by atomic mass is 14.8. The fraction of sp³-hybridized carbons (Fsp3) is 0.105. The van der Waals surface area contributed by atoms with Crippen LogP contribution in [0.25, 0.3) is 22.5 Å². The summed E-state index contributed by atoms with van der Waals surface area (Å²) in [6.07, 6.45) is 1.59. The normalized spacial score (nSPS) is 10.2. The minimum atomic E-state index is 0.677. The molecular weight excluding hydrogens is 270 g/mol. The average molecular weight is 285 g/mol. The molecule has 3 rings (SSSR count). The van der Waals surface area contributed by atoms with E-state index in [0.29, 0.717) is 5.56 Å². The SMILES string of the molecule is Cc1cc(C#N)cc(C)c1-c1cc(-c2ccccc2)ncn1. The zero-order valence-corrected chi connectivity index (χ0v) is 12.5. The third kappa shape index (κ3) is 2.59. The molecule has 3 aromatic rings. The van der Waals surface area contributed by atoms with Gasteiger partial charge in [-0.2, -0.15) is 5.26 Å². The standard InChI is InChI=1S/C19H15N3/c1-13-8-15(11-20)9-14(2)19(13)18-10-17(21-12-22-18)16-6-4-3-5-7-16/h3-10,12H,1-2H3. The van der Waals surface area contributed by atoms with Crippen LogP contribution in [0.2, 0.25) is 0 Å². The molecule has 0 saturated carbocycles. The molecule has 0 fully saturated rings. The first-order valence-corrected chi connectivity index (χ1v) is 7.08. The minimum Gasteiger partial charge on any atom is -0.236 e. The lowest BCUT2D eigenvalue weighted by Gasteiger charge is -2.11. The summed E-state index contributed by atoms with van der Waals surface area (Å²) in [6.45, 7) is 4.01. The molecule has 1 aromatic heterocycles. The van der Waals surface area contributed by atoms with Gasteiger partial charge in [0.1, 0.15) is 6.33 Å². The Balaban J connectivity index is 2.13. The van der Waals surface area contributed by atoms with Gasteiger partial charge in [0.05, 0.1) is 23.0 Å². The molecule has 0 atom stereocenters. The van der Waals surface area contributed by atoms with E-state index in [1.165, 1.54) is 0 Å².